The Morgan fingerprint density at radius 3 is 2.71 bits per heavy atom. The number of allylic oxidation sites excluding steroid dienone is 2. The highest BCUT2D eigenvalue weighted by Crippen LogP contribution is 2.22. The van der Waals surface area contributed by atoms with Crippen molar-refractivity contribution in [1.82, 2.24) is 0 Å². The van der Waals surface area contributed by atoms with Gasteiger partial charge >= 0.3 is 0 Å². The maximum absolute atomic E-state index is 4.12. The van der Waals surface area contributed by atoms with Crippen LogP contribution in [0.15, 0.2) is 36.9 Å². The molecule has 74 valence electrons. The van der Waals surface area contributed by atoms with Crippen LogP contribution in [0.1, 0.15) is 37.8 Å². The Balaban J connectivity index is 3.00. The van der Waals surface area contributed by atoms with Gasteiger partial charge in [0, 0.05) is 0 Å². The van der Waals surface area contributed by atoms with Crippen LogP contribution in [0.5, 0.6) is 0 Å². The molecular formula is C14H18. The highest BCUT2D eigenvalue weighted by molar-refractivity contribution is 5.72. The topological polar surface area (TPSA) is 0 Å². The molecule has 0 aliphatic heterocycles. The van der Waals surface area contributed by atoms with Gasteiger partial charge in [0.2, 0.25) is 0 Å². The first-order chi connectivity index (χ1) is 6.79. The van der Waals surface area contributed by atoms with E-state index in [9.17, 15) is 0 Å². The average Bonchev–Trinajstić information content (AvgIpc) is 2.19. The number of benzene rings is 1. The monoisotopic (exact) mass is 186 g/mol. The fraction of sp³-hybridized carbons (Fsp3) is 0.286. The molecule has 14 heavy (non-hydrogen) atoms. The zero-order valence-electron chi connectivity index (χ0n) is 9.09. The van der Waals surface area contributed by atoms with E-state index in [1.807, 2.05) is 6.92 Å². The van der Waals surface area contributed by atoms with Gasteiger partial charge in [0.25, 0.3) is 0 Å². The van der Waals surface area contributed by atoms with E-state index < -0.39 is 0 Å². The molecule has 0 heteroatoms. The Kier molecular flexibility index (Phi) is 4.18. The van der Waals surface area contributed by atoms with Crippen LogP contribution in [-0.4, -0.2) is 0 Å². The minimum Gasteiger partial charge on any atom is -0.0952 e. The van der Waals surface area contributed by atoms with E-state index in [0.29, 0.717) is 0 Å². The van der Waals surface area contributed by atoms with Crippen LogP contribution >= 0.6 is 0 Å². The largest absolute Gasteiger partial charge is 0.0952 e. The summed E-state index contributed by atoms with van der Waals surface area (Å²) in [6.45, 7) is 8.35. The summed E-state index contributed by atoms with van der Waals surface area (Å²) in [6.07, 6.45) is 6.44. The molecular weight excluding hydrogens is 168 g/mol. The molecule has 0 bridgehead atoms. The molecule has 0 saturated heterocycles. The molecule has 0 atom stereocenters. The van der Waals surface area contributed by atoms with E-state index >= 15 is 0 Å². The lowest BCUT2D eigenvalue weighted by Gasteiger charge is -2.07. The van der Waals surface area contributed by atoms with Crippen LogP contribution in [0.2, 0.25) is 0 Å². The molecule has 1 rings (SSSR count). The van der Waals surface area contributed by atoms with Crippen LogP contribution < -0.4 is 0 Å². The molecule has 1 aromatic carbocycles. The van der Waals surface area contributed by atoms with Gasteiger partial charge in [-0.1, -0.05) is 56.3 Å². The van der Waals surface area contributed by atoms with Crippen LogP contribution in [0.25, 0.3) is 11.6 Å². The molecule has 0 fully saturated rings. The van der Waals surface area contributed by atoms with Gasteiger partial charge in [-0.2, -0.15) is 0 Å². The second kappa shape index (κ2) is 5.43. The molecule has 0 amide bonds. The maximum atomic E-state index is 4.12. The molecule has 1 aromatic rings. The first kappa shape index (κ1) is 10.8. The van der Waals surface area contributed by atoms with Crippen LogP contribution in [0.4, 0.5) is 0 Å². The molecule has 0 radical (unpaired) electrons. The smallest absolute Gasteiger partial charge is 0.0158 e. The predicted molar refractivity (Wildman–Crippen MR) is 65.1 cm³/mol. The molecule has 0 saturated carbocycles. The van der Waals surface area contributed by atoms with Crippen molar-refractivity contribution in [3.63, 3.8) is 0 Å². The van der Waals surface area contributed by atoms with Gasteiger partial charge in [0.1, 0.15) is 0 Å². The molecule has 0 nitrogen and oxygen atoms in total. The minimum atomic E-state index is 1.08. The van der Waals surface area contributed by atoms with Gasteiger partial charge in [-0.15, -0.1) is 0 Å². The maximum Gasteiger partial charge on any atom is -0.0158 e. The Hall–Kier alpha value is -1.30. The van der Waals surface area contributed by atoms with Crippen molar-refractivity contribution in [2.24, 2.45) is 0 Å². The lowest BCUT2D eigenvalue weighted by atomic mass is 9.97. The zero-order valence-corrected chi connectivity index (χ0v) is 9.09. The second-order valence-corrected chi connectivity index (χ2v) is 3.44. The van der Waals surface area contributed by atoms with Gasteiger partial charge < -0.3 is 0 Å². The normalized spacial score (nSPS) is 10.7. The lowest BCUT2D eigenvalue weighted by Crippen LogP contribution is -1.86. The van der Waals surface area contributed by atoms with Gasteiger partial charge in [-0.3, -0.25) is 0 Å². The lowest BCUT2D eigenvalue weighted by molar-refractivity contribution is 0.975. The molecule has 0 N–H and O–H groups in total. The van der Waals surface area contributed by atoms with E-state index in [4.69, 9.17) is 0 Å². The molecule has 0 aliphatic carbocycles. The van der Waals surface area contributed by atoms with Crippen molar-refractivity contribution in [3.05, 3.63) is 48.0 Å². The van der Waals surface area contributed by atoms with Crippen molar-refractivity contribution in [2.75, 3.05) is 0 Å². The summed E-state index contributed by atoms with van der Waals surface area (Å²) in [5.74, 6) is 0. The minimum absolute atomic E-state index is 1.08. The van der Waals surface area contributed by atoms with Crippen molar-refractivity contribution in [3.8, 4) is 0 Å². The summed E-state index contributed by atoms with van der Waals surface area (Å²) in [4.78, 5) is 0. The summed E-state index contributed by atoms with van der Waals surface area (Å²) in [5.41, 5.74) is 3.79. The van der Waals surface area contributed by atoms with E-state index in [1.165, 1.54) is 16.7 Å². The quantitative estimate of drug-likeness (QED) is 0.648. The van der Waals surface area contributed by atoms with Crippen LogP contribution in [0.3, 0.4) is 0 Å². The highest BCUT2D eigenvalue weighted by atomic mass is 14.1. The Morgan fingerprint density at radius 2 is 2.07 bits per heavy atom. The summed E-state index contributed by atoms with van der Waals surface area (Å²) < 4.78 is 0. The molecule has 0 aromatic heterocycles. The number of rotatable bonds is 4. The van der Waals surface area contributed by atoms with Gasteiger partial charge in [0.15, 0.2) is 0 Å². The summed E-state index contributed by atoms with van der Waals surface area (Å²) in [5, 5.41) is 0. The molecule has 0 aliphatic rings. The average molecular weight is 186 g/mol. The van der Waals surface area contributed by atoms with Crippen molar-refractivity contribution >= 4 is 11.6 Å². The standard InChI is InChI=1S/C14H18/c1-4-8-12(3)14-11-7-6-10-13(14)9-5-2/h5-7,9-11H,3-4,8H2,1-2H3/b9-5-. The van der Waals surface area contributed by atoms with Crippen LogP contribution in [-0.2, 0) is 0 Å². The summed E-state index contributed by atoms with van der Waals surface area (Å²) in [6, 6.07) is 8.42. The van der Waals surface area contributed by atoms with Gasteiger partial charge in [-0.05, 0) is 30.0 Å². The number of hydrogen-bond donors (Lipinski definition) is 0. The zero-order chi connectivity index (χ0) is 10.4. The molecule has 0 heterocycles. The summed E-state index contributed by atoms with van der Waals surface area (Å²) >= 11 is 0. The van der Waals surface area contributed by atoms with Crippen LogP contribution in [0, 0.1) is 0 Å². The van der Waals surface area contributed by atoms with Crippen molar-refractivity contribution < 1.29 is 0 Å². The van der Waals surface area contributed by atoms with Crippen molar-refractivity contribution in [2.45, 2.75) is 26.7 Å². The Morgan fingerprint density at radius 1 is 1.36 bits per heavy atom. The van der Waals surface area contributed by atoms with E-state index in [2.05, 4.69) is 49.9 Å². The first-order valence-electron chi connectivity index (χ1n) is 5.19. The van der Waals surface area contributed by atoms with Gasteiger partial charge in [0.05, 0.1) is 0 Å². The Bertz CT molecular complexity index is 332. The third kappa shape index (κ3) is 2.59. The highest BCUT2D eigenvalue weighted by Gasteiger charge is 2.01. The first-order valence-corrected chi connectivity index (χ1v) is 5.19. The second-order valence-electron chi connectivity index (χ2n) is 3.44. The molecule has 0 unspecified atom stereocenters. The molecule has 0 spiro atoms. The fourth-order valence-corrected chi connectivity index (χ4v) is 1.58. The van der Waals surface area contributed by atoms with Crippen molar-refractivity contribution in [1.29, 1.82) is 0 Å². The number of hydrogen-bond acceptors (Lipinski definition) is 0. The third-order valence-electron chi connectivity index (χ3n) is 2.24. The fourth-order valence-electron chi connectivity index (χ4n) is 1.58. The summed E-state index contributed by atoms with van der Waals surface area (Å²) in [7, 11) is 0. The third-order valence-corrected chi connectivity index (χ3v) is 2.24. The van der Waals surface area contributed by atoms with E-state index in [0.717, 1.165) is 12.8 Å². The SMILES string of the molecule is C=C(CCC)c1ccccc1/C=C\C. The van der Waals surface area contributed by atoms with Gasteiger partial charge in [-0.25, -0.2) is 0 Å². The van der Waals surface area contributed by atoms with E-state index in [-0.39, 0.29) is 0 Å². The Labute approximate surface area is 87.0 Å². The van der Waals surface area contributed by atoms with E-state index in [1.54, 1.807) is 0 Å². The predicted octanol–water partition coefficient (Wildman–Crippen LogP) is 4.53.